The van der Waals surface area contributed by atoms with Crippen LogP contribution in [0.3, 0.4) is 0 Å². The van der Waals surface area contributed by atoms with Gasteiger partial charge in [0, 0.05) is 27.8 Å². The molecule has 0 unspecified atom stereocenters. The van der Waals surface area contributed by atoms with Crippen LogP contribution in [0, 0.1) is 0 Å². The number of carboxylic acid groups (broad SMARTS) is 1. The lowest BCUT2D eigenvalue weighted by atomic mass is 9.78. The van der Waals surface area contributed by atoms with Gasteiger partial charge < -0.3 is 15.5 Å². The van der Waals surface area contributed by atoms with Gasteiger partial charge in [0.05, 0.1) is 28.2 Å². The van der Waals surface area contributed by atoms with E-state index in [1.165, 1.54) is 4.90 Å². The lowest BCUT2D eigenvalue weighted by Crippen LogP contribution is -2.31. The van der Waals surface area contributed by atoms with Gasteiger partial charge in [0.15, 0.2) is 5.17 Å². The van der Waals surface area contributed by atoms with Gasteiger partial charge in [-0.25, -0.2) is 14.8 Å². The minimum Gasteiger partial charge on any atom is -0.507 e. The number of amidine groups is 1. The number of amides is 2. The number of carboxylic acids is 1. The zero-order valence-electron chi connectivity index (χ0n) is 29.9. The van der Waals surface area contributed by atoms with E-state index in [2.05, 4.69) is 10.3 Å². The predicted octanol–water partition coefficient (Wildman–Crippen LogP) is 9.02. The molecular weight excluding hydrogens is 673 g/mol. The highest BCUT2D eigenvalue weighted by molar-refractivity contribution is 8.14. The van der Waals surface area contributed by atoms with Gasteiger partial charge in [-0.15, -0.1) is 0 Å². The predicted molar refractivity (Wildman–Crippen MR) is 210 cm³/mol. The number of nitrogens with zero attached hydrogens (tertiary/aromatic N) is 3. The van der Waals surface area contributed by atoms with E-state index >= 15 is 0 Å². The average Bonchev–Trinajstić information content (AvgIpc) is 3.41. The number of pyridine rings is 1. The molecule has 0 saturated heterocycles. The fourth-order valence-electron chi connectivity index (χ4n) is 5.99. The SMILES string of the molecule is CC(C)(C)c1cc(/C=C2/N=C(SCC(=O)Nc3ccc(-c4cc(C(=O)O)c5ccccc5n4)cc3)N(c3ccccc3)C2=O)cc(C(C)(C)C)c1O. The Balaban J connectivity index is 1.23. The number of benzene rings is 4. The third-order valence-corrected chi connectivity index (χ3v) is 9.58. The maximum atomic E-state index is 13.9. The fourth-order valence-corrected chi connectivity index (χ4v) is 6.80. The highest BCUT2D eigenvalue weighted by atomic mass is 32.2. The van der Waals surface area contributed by atoms with E-state index < -0.39 is 5.97 Å². The molecule has 0 aliphatic carbocycles. The van der Waals surface area contributed by atoms with Crippen LogP contribution in [0.1, 0.15) is 68.6 Å². The summed E-state index contributed by atoms with van der Waals surface area (Å²) in [6.45, 7) is 12.2. The number of carbonyl (C=O) groups excluding carboxylic acids is 2. The monoisotopic (exact) mass is 712 g/mol. The maximum absolute atomic E-state index is 13.9. The summed E-state index contributed by atoms with van der Waals surface area (Å²) in [6, 6.07) is 28.6. The van der Waals surface area contributed by atoms with Crippen LogP contribution in [0.5, 0.6) is 5.75 Å². The van der Waals surface area contributed by atoms with Gasteiger partial charge in [-0.1, -0.05) is 102 Å². The van der Waals surface area contributed by atoms with E-state index in [1.807, 2.05) is 90.1 Å². The standard InChI is InChI=1S/C42H40N4O5S/c1-41(2,3)31-20-25(21-32(37(31)48)42(4,5)6)22-35-38(49)46(28-12-8-7-9-13-28)40(45-35)52-24-36(47)43-27-18-16-26(17-19-27)34-23-30(39(50)51)29-14-10-11-15-33(29)44-34/h7-23,48H,24H2,1-6H3,(H,43,47)(H,50,51)/b35-22+. The van der Waals surface area contributed by atoms with Crippen molar-refractivity contribution in [1.29, 1.82) is 0 Å². The highest BCUT2D eigenvalue weighted by Crippen LogP contribution is 2.41. The van der Waals surface area contributed by atoms with Crippen LogP contribution >= 0.6 is 11.8 Å². The summed E-state index contributed by atoms with van der Waals surface area (Å²) in [6.07, 6.45) is 1.74. The van der Waals surface area contributed by atoms with Crippen LogP contribution in [-0.4, -0.2) is 43.9 Å². The van der Waals surface area contributed by atoms with Crippen molar-refractivity contribution in [3.8, 4) is 17.0 Å². The number of aromatic hydroxyl groups is 1. The third-order valence-electron chi connectivity index (χ3n) is 8.64. The van der Waals surface area contributed by atoms with Crippen LogP contribution in [0.25, 0.3) is 28.2 Å². The maximum Gasteiger partial charge on any atom is 0.336 e. The van der Waals surface area contributed by atoms with Gasteiger partial charge in [0.2, 0.25) is 5.91 Å². The summed E-state index contributed by atoms with van der Waals surface area (Å²) in [7, 11) is 0. The Morgan fingerprint density at radius 2 is 1.46 bits per heavy atom. The lowest BCUT2D eigenvalue weighted by Gasteiger charge is -2.28. The number of thioether (sulfide) groups is 1. The van der Waals surface area contributed by atoms with Crippen LogP contribution < -0.4 is 10.2 Å². The minimum atomic E-state index is -1.03. The van der Waals surface area contributed by atoms with Crippen LogP contribution in [-0.2, 0) is 20.4 Å². The first-order chi connectivity index (χ1) is 24.6. The number of anilines is 2. The molecule has 2 amide bonds. The van der Waals surface area contributed by atoms with Gasteiger partial charge in [-0.05, 0) is 71.0 Å². The molecule has 0 radical (unpaired) electrons. The van der Waals surface area contributed by atoms with E-state index in [-0.39, 0.29) is 45.4 Å². The number of aromatic carboxylic acids is 1. The number of phenolic OH excluding ortho intramolecular Hbond substituents is 1. The normalized spacial score (nSPS) is 14.2. The van der Waals surface area contributed by atoms with Gasteiger partial charge in [-0.3, -0.25) is 14.5 Å². The number of nitrogens with one attached hydrogen (secondary N) is 1. The summed E-state index contributed by atoms with van der Waals surface area (Å²) >= 11 is 1.15. The third kappa shape index (κ3) is 7.62. The van der Waals surface area contributed by atoms with Crippen molar-refractivity contribution in [2.24, 2.45) is 4.99 Å². The topological polar surface area (TPSA) is 132 Å². The van der Waals surface area contributed by atoms with Crippen molar-refractivity contribution in [2.45, 2.75) is 52.4 Å². The summed E-state index contributed by atoms with van der Waals surface area (Å²) in [5, 5.41) is 24.8. The first kappa shape index (κ1) is 36.1. The molecule has 5 aromatic rings. The molecule has 10 heteroatoms. The largest absolute Gasteiger partial charge is 0.507 e. The molecular formula is C42H40N4O5S. The Hall–Kier alpha value is -5.74. The number of fused-ring (bicyclic) bond motifs is 1. The van der Waals surface area contributed by atoms with Crippen LogP contribution in [0.2, 0.25) is 0 Å². The number of aliphatic imine (C=N–C) groups is 1. The van der Waals surface area contributed by atoms with Crippen molar-refractivity contribution in [1.82, 2.24) is 4.98 Å². The average molecular weight is 713 g/mol. The summed E-state index contributed by atoms with van der Waals surface area (Å²) in [4.78, 5) is 49.9. The van der Waals surface area contributed by atoms with Crippen LogP contribution in [0.15, 0.2) is 108 Å². The summed E-state index contributed by atoms with van der Waals surface area (Å²) < 4.78 is 0. The van der Waals surface area contributed by atoms with E-state index in [0.29, 0.717) is 38.7 Å². The molecule has 52 heavy (non-hydrogen) atoms. The number of hydrogen-bond acceptors (Lipinski definition) is 7. The first-order valence-electron chi connectivity index (χ1n) is 16.8. The Kier molecular flexibility index (Phi) is 9.79. The molecule has 4 aromatic carbocycles. The first-order valence-corrected chi connectivity index (χ1v) is 17.8. The van der Waals surface area contributed by atoms with E-state index in [1.54, 1.807) is 54.6 Å². The Labute approximate surface area is 307 Å². The van der Waals surface area contributed by atoms with Gasteiger partial charge in [0.25, 0.3) is 5.91 Å². The molecule has 6 rings (SSSR count). The van der Waals surface area contributed by atoms with Crippen molar-refractivity contribution >= 4 is 63.1 Å². The van der Waals surface area contributed by atoms with Crippen molar-refractivity contribution in [3.05, 3.63) is 125 Å². The molecule has 9 nitrogen and oxygen atoms in total. The van der Waals surface area contributed by atoms with Gasteiger partial charge >= 0.3 is 5.97 Å². The van der Waals surface area contributed by atoms with Crippen molar-refractivity contribution in [3.63, 3.8) is 0 Å². The van der Waals surface area contributed by atoms with Crippen molar-refractivity contribution in [2.75, 3.05) is 16.0 Å². The van der Waals surface area contributed by atoms with E-state index in [0.717, 1.165) is 28.5 Å². The molecule has 2 heterocycles. The molecule has 3 N–H and O–H groups in total. The quantitative estimate of drug-likeness (QED) is 0.144. The number of aromatic nitrogens is 1. The van der Waals surface area contributed by atoms with Crippen molar-refractivity contribution < 1.29 is 24.6 Å². The smallest absolute Gasteiger partial charge is 0.336 e. The molecule has 0 bridgehead atoms. The molecule has 0 spiro atoms. The summed E-state index contributed by atoms with van der Waals surface area (Å²) in [5.41, 5.74) is 4.97. The number of para-hydroxylation sites is 2. The number of carbonyl (C=O) groups is 3. The van der Waals surface area contributed by atoms with Gasteiger partial charge in [0.1, 0.15) is 11.4 Å². The second-order valence-electron chi connectivity index (χ2n) is 14.7. The van der Waals surface area contributed by atoms with E-state index in [9.17, 15) is 24.6 Å². The number of hydrogen-bond donors (Lipinski definition) is 3. The second kappa shape index (κ2) is 14.1. The summed E-state index contributed by atoms with van der Waals surface area (Å²) in [5.74, 6) is -1.41. The Morgan fingerprint density at radius 1 is 0.846 bits per heavy atom. The van der Waals surface area contributed by atoms with E-state index in [4.69, 9.17) is 4.99 Å². The minimum absolute atomic E-state index is 0.0137. The Bertz CT molecular complexity index is 2230. The molecule has 0 saturated carbocycles. The molecule has 0 atom stereocenters. The number of phenols is 1. The lowest BCUT2D eigenvalue weighted by molar-refractivity contribution is -0.114. The van der Waals surface area contributed by atoms with Crippen LogP contribution in [0.4, 0.5) is 11.4 Å². The molecule has 1 aliphatic rings. The zero-order valence-corrected chi connectivity index (χ0v) is 30.7. The second-order valence-corrected chi connectivity index (χ2v) is 15.6. The van der Waals surface area contributed by atoms with Gasteiger partial charge in [-0.2, -0.15) is 0 Å². The molecule has 264 valence electrons. The number of rotatable bonds is 7. The fraction of sp³-hybridized carbons (Fsp3) is 0.214. The highest BCUT2D eigenvalue weighted by Gasteiger charge is 2.33. The molecule has 1 aliphatic heterocycles. The zero-order chi connectivity index (χ0) is 37.4. The molecule has 1 aromatic heterocycles. The Morgan fingerprint density at radius 3 is 2.08 bits per heavy atom. The molecule has 0 fully saturated rings.